The smallest absolute Gasteiger partial charge is 0.349 e. The van der Waals surface area contributed by atoms with Gasteiger partial charge in [0.15, 0.2) is 0 Å². The minimum absolute atomic E-state index is 0.109. The van der Waals surface area contributed by atoms with E-state index in [1.165, 1.54) is 12.1 Å². The molecule has 0 atom stereocenters. The molecule has 104 valence electrons. The Bertz CT molecular complexity index is 699. The van der Waals surface area contributed by atoms with Crippen LogP contribution in [0.4, 0.5) is 5.69 Å². The number of ether oxygens (including phenoxy) is 1. The van der Waals surface area contributed by atoms with Gasteiger partial charge in [0, 0.05) is 10.5 Å². The summed E-state index contributed by atoms with van der Waals surface area (Å²) in [5, 5.41) is 11.2. The lowest BCUT2D eigenvalue weighted by molar-refractivity contribution is -0.386. The molecule has 0 bridgehead atoms. The summed E-state index contributed by atoms with van der Waals surface area (Å²) in [6.45, 7) is 0. The van der Waals surface area contributed by atoms with E-state index < -0.39 is 10.6 Å². The third-order valence-corrected chi connectivity index (χ3v) is 3.76. The molecule has 20 heavy (non-hydrogen) atoms. The highest BCUT2D eigenvalue weighted by molar-refractivity contribution is 9.10. The quantitative estimate of drug-likeness (QED) is 0.317. The molecule has 1 aromatic carbocycles. The molecule has 0 aliphatic heterocycles. The normalized spacial score (nSPS) is 10.4. The molecule has 0 aliphatic carbocycles. The summed E-state index contributed by atoms with van der Waals surface area (Å²) in [5.41, 5.74) is -0.440. The van der Waals surface area contributed by atoms with Gasteiger partial charge in [0.1, 0.15) is 11.9 Å². The van der Waals surface area contributed by atoms with Gasteiger partial charge in [0.2, 0.25) is 5.28 Å². The highest BCUT2D eigenvalue weighted by atomic mass is 79.9. The molecular formula is C10H3BrCl3N3O3. The second-order valence-electron chi connectivity index (χ2n) is 3.39. The van der Waals surface area contributed by atoms with Crippen molar-refractivity contribution in [2.24, 2.45) is 0 Å². The summed E-state index contributed by atoms with van der Waals surface area (Å²) in [7, 11) is 0. The molecule has 0 radical (unpaired) electrons. The predicted octanol–water partition coefficient (Wildman–Crippen LogP) is 4.90. The third kappa shape index (κ3) is 3.29. The molecule has 0 N–H and O–H groups in total. The molecule has 1 heterocycles. The fraction of sp³-hybridized carbons (Fsp3) is 0. The maximum absolute atomic E-state index is 10.9. The molecule has 6 nitrogen and oxygen atoms in total. The summed E-state index contributed by atoms with van der Waals surface area (Å²) in [5.74, 6) is -0.215. The number of aromatic nitrogens is 2. The number of benzene rings is 1. The first kappa shape index (κ1) is 15.2. The minimum atomic E-state index is -0.694. The van der Waals surface area contributed by atoms with Crippen molar-refractivity contribution < 1.29 is 9.66 Å². The van der Waals surface area contributed by atoms with Crippen LogP contribution in [0.25, 0.3) is 0 Å². The maximum Gasteiger partial charge on any atom is 0.349 e. The fourth-order valence-electron chi connectivity index (χ4n) is 1.23. The van der Waals surface area contributed by atoms with Gasteiger partial charge in [-0.3, -0.25) is 10.1 Å². The fourth-order valence-corrected chi connectivity index (χ4v) is 2.18. The number of nitro groups is 1. The molecule has 0 aliphatic rings. The van der Waals surface area contributed by atoms with Crippen LogP contribution in [0.1, 0.15) is 0 Å². The van der Waals surface area contributed by atoms with Gasteiger partial charge in [-0.05, 0) is 33.6 Å². The molecule has 0 fully saturated rings. The van der Waals surface area contributed by atoms with E-state index in [0.29, 0.717) is 9.50 Å². The topological polar surface area (TPSA) is 78.2 Å². The van der Waals surface area contributed by atoms with Crippen molar-refractivity contribution in [3.8, 4) is 11.6 Å². The molecule has 1 aromatic heterocycles. The predicted molar refractivity (Wildman–Crippen MR) is 77.9 cm³/mol. The van der Waals surface area contributed by atoms with E-state index in [2.05, 4.69) is 25.9 Å². The zero-order valence-electron chi connectivity index (χ0n) is 9.31. The van der Waals surface area contributed by atoms with Crippen LogP contribution in [0.2, 0.25) is 15.3 Å². The van der Waals surface area contributed by atoms with Gasteiger partial charge in [-0.15, -0.1) is 0 Å². The van der Waals surface area contributed by atoms with E-state index >= 15 is 0 Å². The van der Waals surface area contributed by atoms with E-state index in [1.807, 2.05) is 0 Å². The Morgan fingerprint density at radius 2 is 1.95 bits per heavy atom. The van der Waals surface area contributed by atoms with Crippen LogP contribution < -0.4 is 4.74 Å². The van der Waals surface area contributed by atoms with Gasteiger partial charge in [0.05, 0.1) is 15.0 Å². The summed E-state index contributed by atoms with van der Waals surface area (Å²) in [4.78, 5) is 17.4. The van der Waals surface area contributed by atoms with Crippen LogP contribution in [-0.2, 0) is 0 Å². The average molecular weight is 399 g/mol. The monoisotopic (exact) mass is 397 g/mol. The zero-order chi connectivity index (χ0) is 14.9. The highest BCUT2D eigenvalue weighted by Gasteiger charge is 2.20. The number of halogens is 4. The summed E-state index contributed by atoms with van der Waals surface area (Å²) in [6, 6.07) is 2.89. The Kier molecular flexibility index (Phi) is 4.64. The Morgan fingerprint density at radius 1 is 1.25 bits per heavy atom. The van der Waals surface area contributed by atoms with Crippen molar-refractivity contribution in [1.82, 2.24) is 9.97 Å². The summed E-state index contributed by atoms with van der Waals surface area (Å²) >= 11 is 20.7. The molecule has 2 aromatic rings. The molecule has 2 rings (SSSR count). The summed E-state index contributed by atoms with van der Waals surface area (Å²) < 4.78 is 5.87. The molecule has 0 unspecified atom stereocenters. The Labute approximate surface area is 135 Å². The molecule has 0 saturated carbocycles. The third-order valence-electron chi connectivity index (χ3n) is 2.08. The van der Waals surface area contributed by atoms with Gasteiger partial charge in [-0.25, -0.2) is 4.98 Å². The van der Waals surface area contributed by atoms with Gasteiger partial charge in [-0.1, -0.05) is 23.2 Å². The van der Waals surface area contributed by atoms with Gasteiger partial charge >= 0.3 is 11.6 Å². The van der Waals surface area contributed by atoms with Crippen LogP contribution in [-0.4, -0.2) is 14.9 Å². The first-order chi connectivity index (χ1) is 9.38. The number of nitrogens with zero attached hydrogens (tertiary/aromatic N) is 3. The van der Waals surface area contributed by atoms with Crippen molar-refractivity contribution in [3.05, 3.63) is 48.2 Å². The van der Waals surface area contributed by atoms with E-state index in [-0.39, 0.29) is 21.9 Å². The molecule has 10 heteroatoms. The van der Waals surface area contributed by atoms with Crippen molar-refractivity contribution in [2.75, 3.05) is 0 Å². The van der Waals surface area contributed by atoms with E-state index in [1.54, 1.807) is 0 Å². The maximum atomic E-state index is 10.9. The highest BCUT2D eigenvalue weighted by Crippen LogP contribution is 2.38. The lowest BCUT2D eigenvalue weighted by Crippen LogP contribution is -1.98. The molecule has 0 saturated heterocycles. The molecule has 0 spiro atoms. The standard InChI is InChI=1S/C10H3BrCl3N3O3/c11-4-1-6(13)8(2-5(4)12)20-9-7(17(18)19)3-15-10(14)16-9/h1-3H. The average Bonchev–Trinajstić information content (AvgIpc) is 2.35. The van der Waals surface area contributed by atoms with E-state index in [9.17, 15) is 10.1 Å². The minimum Gasteiger partial charge on any atom is -0.432 e. The lowest BCUT2D eigenvalue weighted by atomic mass is 10.3. The largest absolute Gasteiger partial charge is 0.432 e. The molecular weight excluding hydrogens is 396 g/mol. The SMILES string of the molecule is O=[N+]([O-])c1cnc(Cl)nc1Oc1cc(Cl)c(Br)cc1Cl. The van der Waals surface area contributed by atoms with Gasteiger partial charge in [0.25, 0.3) is 0 Å². The van der Waals surface area contributed by atoms with Crippen molar-refractivity contribution in [3.63, 3.8) is 0 Å². The van der Waals surface area contributed by atoms with Crippen molar-refractivity contribution in [1.29, 1.82) is 0 Å². The van der Waals surface area contributed by atoms with Crippen LogP contribution in [0.15, 0.2) is 22.8 Å². The van der Waals surface area contributed by atoms with Crippen molar-refractivity contribution in [2.45, 2.75) is 0 Å². The van der Waals surface area contributed by atoms with Crippen LogP contribution in [0.3, 0.4) is 0 Å². The second-order valence-corrected chi connectivity index (χ2v) is 5.39. The first-order valence-corrected chi connectivity index (χ1v) is 6.80. The van der Waals surface area contributed by atoms with Crippen LogP contribution >= 0.6 is 50.7 Å². The Balaban J connectivity index is 2.47. The van der Waals surface area contributed by atoms with Crippen molar-refractivity contribution >= 4 is 56.4 Å². The number of rotatable bonds is 3. The Hall–Kier alpha value is -1.15. The van der Waals surface area contributed by atoms with E-state index in [4.69, 9.17) is 39.5 Å². The Morgan fingerprint density at radius 3 is 2.60 bits per heavy atom. The zero-order valence-corrected chi connectivity index (χ0v) is 13.2. The van der Waals surface area contributed by atoms with E-state index in [0.717, 1.165) is 6.20 Å². The number of hydrogen-bond donors (Lipinski definition) is 0. The second kappa shape index (κ2) is 6.09. The van der Waals surface area contributed by atoms with Gasteiger partial charge < -0.3 is 4.74 Å². The lowest BCUT2D eigenvalue weighted by Gasteiger charge is -2.08. The van der Waals surface area contributed by atoms with Crippen LogP contribution in [0, 0.1) is 10.1 Å². The number of hydrogen-bond acceptors (Lipinski definition) is 5. The van der Waals surface area contributed by atoms with Crippen LogP contribution in [0.5, 0.6) is 11.6 Å². The molecule has 0 amide bonds. The van der Waals surface area contributed by atoms with Gasteiger partial charge in [-0.2, -0.15) is 4.98 Å². The first-order valence-electron chi connectivity index (χ1n) is 4.88. The summed E-state index contributed by atoms with van der Waals surface area (Å²) in [6.07, 6.45) is 0.943.